The first-order chi connectivity index (χ1) is 8.66. The van der Waals surface area contributed by atoms with Gasteiger partial charge >= 0.3 is 0 Å². The average Bonchev–Trinajstić information content (AvgIpc) is 2.31. The molecule has 0 bridgehead atoms. The first kappa shape index (κ1) is 13.8. The van der Waals surface area contributed by atoms with E-state index in [1.54, 1.807) is 0 Å². The summed E-state index contributed by atoms with van der Waals surface area (Å²) >= 11 is 0. The van der Waals surface area contributed by atoms with Crippen LogP contribution in [0.3, 0.4) is 0 Å². The summed E-state index contributed by atoms with van der Waals surface area (Å²) in [6, 6.07) is 0. The van der Waals surface area contributed by atoms with Gasteiger partial charge < -0.3 is 16.0 Å². The van der Waals surface area contributed by atoms with Gasteiger partial charge in [-0.05, 0) is 58.2 Å². The summed E-state index contributed by atoms with van der Waals surface area (Å²) in [6.45, 7) is 3.73. The molecule has 104 valence electrons. The van der Waals surface area contributed by atoms with Crippen LogP contribution in [0, 0.1) is 11.3 Å². The molecule has 18 heavy (non-hydrogen) atoms. The minimum Gasteiger partial charge on any atom is -0.356 e. The van der Waals surface area contributed by atoms with Gasteiger partial charge in [0.2, 0.25) is 5.91 Å². The maximum atomic E-state index is 12.1. The number of carbonyl (C=O) groups excluding carboxylic acids is 1. The molecule has 1 heterocycles. The van der Waals surface area contributed by atoms with Gasteiger partial charge in [0, 0.05) is 13.1 Å². The fraction of sp³-hybridized carbons (Fsp3) is 0.929. The van der Waals surface area contributed by atoms with E-state index in [4.69, 9.17) is 5.73 Å². The molecule has 1 saturated heterocycles. The lowest BCUT2D eigenvalue weighted by Gasteiger charge is -2.39. The fourth-order valence-corrected chi connectivity index (χ4v) is 3.06. The molecule has 3 N–H and O–H groups in total. The van der Waals surface area contributed by atoms with Crippen LogP contribution in [0.5, 0.6) is 0 Å². The van der Waals surface area contributed by atoms with Gasteiger partial charge in [-0.2, -0.15) is 0 Å². The molecule has 4 nitrogen and oxygen atoms in total. The third-order valence-electron chi connectivity index (χ3n) is 4.86. The Morgan fingerprint density at radius 1 is 1.39 bits per heavy atom. The molecule has 0 aromatic rings. The molecule has 0 aromatic heterocycles. The van der Waals surface area contributed by atoms with Crippen LogP contribution in [-0.4, -0.2) is 44.0 Å². The SMILES string of the molecule is CN1CCC(CCNC(=O)C2(CN)CCC2)CC1. The summed E-state index contributed by atoms with van der Waals surface area (Å²) in [4.78, 5) is 14.5. The van der Waals surface area contributed by atoms with Gasteiger partial charge in [0.15, 0.2) is 0 Å². The number of rotatable bonds is 5. The quantitative estimate of drug-likeness (QED) is 0.767. The van der Waals surface area contributed by atoms with Crippen molar-refractivity contribution in [3.63, 3.8) is 0 Å². The lowest BCUT2D eigenvalue weighted by atomic mass is 9.68. The lowest BCUT2D eigenvalue weighted by Crippen LogP contribution is -2.50. The summed E-state index contributed by atoms with van der Waals surface area (Å²) in [7, 11) is 2.18. The number of likely N-dealkylation sites (tertiary alicyclic amines) is 1. The van der Waals surface area contributed by atoms with Crippen LogP contribution < -0.4 is 11.1 Å². The Bertz CT molecular complexity index is 275. The van der Waals surface area contributed by atoms with Crippen molar-refractivity contribution in [1.82, 2.24) is 10.2 Å². The molecular formula is C14H27N3O. The zero-order valence-corrected chi connectivity index (χ0v) is 11.6. The van der Waals surface area contributed by atoms with E-state index in [9.17, 15) is 4.79 Å². The topological polar surface area (TPSA) is 58.4 Å². The largest absolute Gasteiger partial charge is 0.356 e. The smallest absolute Gasteiger partial charge is 0.227 e. The Balaban J connectivity index is 1.64. The predicted molar refractivity (Wildman–Crippen MR) is 73.2 cm³/mol. The van der Waals surface area contributed by atoms with Crippen LogP contribution in [-0.2, 0) is 4.79 Å². The summed E-state index contributed by atoms with van der Waals surface area (Å²) in [5.74, 6) is 0.987. The number of hydrogen-bond donors (Lipinski definition) is 2. The predicted octanol–water partition coefficient (Wildman–Crippen LogP) is 0.964. The molecule has 0 radical (unpaired) electrons. The van der Waals surface area contributed by atoms with Crippen molar-refractivity contribution in [2.24, 2.45) is 17.1 Å². The van der Waals surface area contributed by atoms with Crippen molar-refractivity contribution in [3.8, 4) is 0 Å². The van der Waals surface area contributed by atoms with Crippen LogP contribution in [0.25, 0.3) is 0 Å². The highest BCUT2D eigenvalue weighted by Crippen LogP contribution is 2.39. The minimum atomic E-state index is -0.215. The van der Waals surface area contributed by atoms with Crippen LogP contribution in [0.1, 0.15) is 38.5 Å². The van der Waals surface area contributed by atoms with E-state index in [-0.39, 0.29) is 11.3 Å². The molecule has 2 aliphatic rings. The molecule has 2 fully saturated rings. The number of nitrogens with zero attached hydrogens (tertiary/aromatic N) is 1. The van der Waals surface area contributed by atoms with Crippen molar-refractivity contribution >= 4 is 5.91 Å². The van der Waals surface area contributed by atoms with E-state index >= 15 is 0 Å². The molecule has 0 aromatic carbocycles. The molecular weight excluding hydrogens is 226 g/mol. The number of amides is 1. The number of nitrogens with two attached hydrogens (primary N) is 1. The van der Waals surface area contributed by atoms with Gasteiger partial charge in [-0.25, -0.2) is 0 Å². The van der Waals surface area contributed by atoms with E-state index in [2.05, 4.69) is 17.3 Å². The Morgan fingerprint density at radius 3 is 2.56 bits per heavy atom. The molecule has 1 saturated carbocycles. The van der Waals surface area contributed by atoms with Crippen molar-refractivity contribution in [1.29, 1.82) is 0 Å². The van der Waals surface area contributed by atoms with Gasteiger partial charge in [0.1, 0.15) is 0 Å². The highest BCUT2D eigenvalue weighted by Gasteiger charge is 2.42. The van der Waals surface area contributed by atoms with Crippen LogP contribution in [0.2, 0.25) is 0 Å². The molecule has 1 aliphatic carbocycles. The highest BCUT2D eigenvalue weighted by atomic mass is 16.2. The van der Waals surface area contributed by atoms with E-state index in [1.807, 2.05) is 0 Å². The molecule has 1 amide bonds. The van der Waals surface area contributed by atoms with Crippen molar-refractivity contribution in [2.45, 2.75) is 38.5 Å². The Labute approximate surface area is 110 Å². The molecule has 1 aliphatic heterocycles. The van der Waals surface area contributed by atoms with Gasteiger partial charge in [0.05, 0.1) is 5.41 Å². The molecule has 2 rings (SSSR count). The van der Waals surface area contributed by atoms with Gasteiger partial charge in [0.25, 0.3) is 0 Å². The highest BCUT2D eigenvalue weighted by molar-refractivity contribution is 5.83. The van der Waals surface area contributed by atoms with E-state index < -0.39 is 0 Å². The van der Waals surface area contributed by atoms with E-state index in [0.29, 0.717) is 6.54 Å². The lowest BCUT2D eigenvalue weighted by molar-refractivity contribution is -0.135. The second-order valence-corrected chi connectivity index (χ2v) is 6.13. The third-order valence-corrected chi connectivity index (χ3v) is 4.86. The van der Waals surface area contributed by atoms with Gasteiger partial charge in [-0.3, -0.25) is 4.79 Å². The minimum absolute atomic E-state index is 0.198. The second kappa shape index (κ2) is 6.02. The maximum absolute atomic E-state index is 12.1. The normalized spacial score (nSPS) is 24.6. The number of hydrogen-bond acceptors (Lipinski definition) is 3. The van der Waals surface area contributed by atoms with E-state index in [1.165, 1.54) is 25.9 Å². The van der Waals surface area contributed by atoms with Crippen LogP contribution in [0.15, 0.2) is 0 Å². The summed E-state index contributed by atoms with van der Waals surface area (Å²) in [5.41, 5.74) is 5.52. The number of nitrogens with one attached hydrogen (secondary N) is 1. The maximum Gasteiger partial charge on any atom is 0.227 e. The van der Waals surface area contributed by atoms with Crippen LogP contribution >= 0.6 is 0 Å². The number of piperidine rings is 1. The van der Waals surface area contributed by atoms with Gasteiger partial charge in [-0.15, -0.1) is 0 Å². The Kier molecular flexibility index (Phi) is 4.62. The zero-order valence-electron chi connectivity index (χ0n) is 11.6. The number of carbonyl (C=O) groups is 1. The Morgan fingerprint density at radius 2 is 2.06 bits per heavy atom. The standard InChI is InChI=1S/C14H27N3O/c1-17-9-4-12(5-10-17)3-8-16-13(18)14(11-15)6-2-7-14/h12H,2-11,15H2,1H3,(H,16,18). The monoisotopic (exact) mass is 253 g/mol. The van der Waals surface area contributed by atoms with Gasteiger partial charge in [-0.1, -0.05) is 6.42 Å². The van der Waals surface area contributed by atoms with Crippen molar-refractivity contribution in [3.05, 3.63) is 0 Å². The third kappa shape index (κ3) is 3.04. The van der Waals surface area contributed by atoms with Crippen molar-refractivity contribution < 1.29 is 4.79 Å². The summed E-state index contributed by atoms with van der Waals surface area (Å²) < 4.78 is 0. The summed E-state index contributed by atoms with van der Waals surface area (Å²) in [6.07, 6.45) is 6.77. The first-order valence-corrected chi connectivity index (χ1v) is 7.33. The molecule has 0 atom stereocenters. The molecule has 0 unspecified atom stereocenters. The zero-order chi connectivity index (χ0) is 13.0. The van der Waals surface area contributed by atoms with E-state index in [0.717, 1.165) is 38.1 Å². The Hall–Kier alpha value is -0.610. The molecule has 4 heteroatoms. The van der Waals surface area contributed by atoms with Crippen LogP contribution in [0.4, 0.5) is 0 Å². The van der Waals surface area contributed by atoms with Crippen molar-refractivity contribution in [2.75, 3.05) is 33.2 Å². The molecule has 0 spiro atoms. The first-order valence-electron chi connectivity index (χ1n) is 7.33. The second-order valence-electron chi connectivity index (χ2n) is 6.13. The fourth-order valence-electron chi connectivity index (χ4n) is 3.06. The average molecular weight is 253 g/mol. The summed E-state index contributed by atoms with van der Waals surface area (Å²) in [5, 5.41) is 3.10.